The number of hydrazine groups is 1. The van der Waals surface area contributed by atoms with Crippen molar-refractivity contribution in [3.05, 3.63) is 63.1 Å². The Morgan fingerprint density at radius 2 is 1.84 bits per heavy atom. The fraction of sp³-hybridized carbons (Fsp3) is 0.222. The first-order chi connectivity index (χ1) is 12.0. The van der Waals surface area contributed by atoms with Gasteiger partial charge in [0.2, 0.25) is 5.91 Å². The van der Waals surface area contributed by atoms with Gasteiger partial charge < -0.3 is 4.74 Å². The summed E-state index contributed by atoms with van der Waals surface area (Å²) >= 11 is 9.14. The molecule has 0 radical (unpaired) electrons. The third-order valence-electron chi connectivity index (χ3n) is 3.24. The van der Waals surface area contributed by atoms with Crippen LogP contribution in [-0.4, -0.2) is 18.4 Å². The van der Waals surface area contributed by atoms with E-state index in [4.69, 9.17) is 16.3 Å². The normalized spacial score (nSPS) is 10.2. The van der Waals surface area contributed by atoms with E-state index < -0.39 is 5.91 Å². The van der Waals surface area contributed by atoms with Crippen LogP contribution >= 0.6 is 27.5 Å². The van der Waals surface area contributed by atoms with E-state index in [-0.39, 0.29) is 12.3 Å². The molecule has 0 aliphatic rings. The number of hydrogen-bond donors (Lipinski definition) is 2. The summed E-state index contributed by atoms with van der Waals surface area (Å²) in [5, 5.41) is 0.603. The Labute approximate surface area is 159 Å². The number of amides is 2. The molecule has 0 aromatic heterocycles. The summed E-state index contributed by atoms with van der Waals surface area (Å²) in [6, 6.07) is 12.1. The van der Waals surface area contributed by atoms with E-state index in [0.29, 0.717) is 22.9 Å². The van der Waals surface area contributed by atoms with Gasteiger partial charge >= 0.3 is 0 Å². The maximum absolute atomic E-state index is 12.3. The minimum atomic E-state index is -0.447. The number of carbonyl (C=O) groups excluding carboxylic acids is 2. The van der Waals surface area contributed by atoms with Crippen LogP contribution in [-0.2, 0) is 11.2 Å². The minimum absolute atomic E-state index is 0.134. The lowest BCUT2D eigenvalue weighted by Crippen LogP contribution is -2.42. The van der Waals surface area contributed by atoms with Crippen LogP contribution < -0.4 is 15.6 Å². The van der Waals surface area contributed by atoms with Gasteiger partial charge in [0.15, 0.2) is 0 Å². The average molecular weight is 426 g/mol. The lowest BCUT2D eigenvalue weighted by Gasteiger charge is -2.12. The predicted octanol–water partition coefficient (Wildman–Crippen LogP) is 3.90. The van der Waals surface area contributed by atoms with Crippen LogP contribution in [0.15, 0.2) is 46.9 Å². The predicted molar refractivity (Wildman–Crippen MR) is 101 cm³/mol. The molecule has 7 heteroatoms. The van der Waals surface area contributed by atoms with Crippen molar-refractivity contribution in [1.82, 2.24) is 10.9 Å². The summed E-state index contributed by atoms with van der Waals surface area (Å²) in [6.45, 7) is 2.49. The first-order valence-electron chi connectivity index (χ1n) is 7.75. The summed E-state index contributed by atoms with van der Waals surface area (Å²) in [4.78, 5) is 24.3. The molecule has 0 saturated heterocycles. The highest BCUT2D eigenvalue weighted by molar-refractivity contribution is 9.10. The molecule has 25 heavy (non-hydrogen) atoms. The van der Waals surface area contributed by atoms with E-state index in [2.05, 4.69) is 26.8 Å². The molecule has 0 fully saturated rings. The molecule has 2 rings (SSSR count). The molecule has 132 valence electrons. The Morgan fingerprint density at radius 1 is 1.12 bits per heavy atom. The zero-order chi connectivity index (χ0) is 18.2. The van der Waals surface area contributed by atoms with E-state index in [0.717, 1.165) is 16.5 Å². The molecule has 2 aromatic rings. The smallest absolute Gasteiger partial charge is 0.273 e. The molecule has 0 aliphatic carbocycles. The molecular weight excluding hydrogens is 408 g/mol. The van der Waals surface area contributed by atoms with Crippen molar-refractivity contribution in [1.29, 1.82) is 0 Å². The monoisotopic (exact) mass is 424 g/mol. The van der Waals surface area contributed by atoms with Crippen LogP contribution in [0.4, 0.5) is 0 Å². The van der Waals surface area contributed by atoms with Crippen molar-refractivity contribution in [2.75, 3.05) is 6.61 Å². The quantitative estimate of drug-likeness (QED) is 0.690. The molecule has 2 aromatic carbocycles. The van der Waals surface area contributed by atoms with Gasteiger partial charge in [-0.2, -0.15) is 0 Å². The Balaban J connectivity index is 1.96. The molecular formula is C18H18BrClN2O3. The van der Waals surface area contributed by atoms with Crippen molar-refractivity contribution >= 4 is 39.3 Å². The van der Waals surface area contributed by atoms with Crippen LogP contribution in [0, 0.1) is 0 Å². The van der Waals surface area contributed by atoms with E-state index in [9.17, 15) is 9.59 Å². The van der Waals surface area contributed by atoms with Crippen molar-refractivity contribution in [2.24, 2.45) is 0 Å². The van der Waals surface area contributed by atoms with Gasteiger partial charge in [-0.15, -0.1) is 0 Å². The second-order valence-corrected chi connectivity index (χ2v) is 6.65. The highest BCUT2D eigenvalue weighted by Crippen LogP contribution is 2.23. The number of nitrogens with one attached hydrogen (secondary N) is 2. The Hall–Kier alpha value is -2.05. The van der Waals surface area contributed by atoms with Gasteiger partial charge in [0, 0.05) is 9.50 Å². The van der Waals surface area contributed by atoms with E-state index >= 15 is 0 Å². The summed E-state index contributed by atoms with van der Waals surface area (Å²) in [5.74, 6) is -0.312. The van der Waals surface area contributed by atoms with Gasteiger partial charge in [0.25, 0.3) is 5.91 Å². The molecule has 5 nitrogen and oxygen atoms in total. The Kier molecular flexibility index (Phi) is 7.28. The molecule has 0 atom stereocenters. The maximum Gasteiger partial charge on any atom is 0.273 e. The highest BCUT2D eigenvalue weighted by Gasteiger charge is 2.14. The number of hydrogen-bond acceptors (Lipinski definition) is 3. The van der Waals surface area contributed by atoms with Gasteiger partial charge in [-0.3, -0.25) is 20.4 Å². The second-order valence-electron chi connectivity index (χ2n) is 5.29. The summed E-state index contributed by atoms with van der Waals surface area (Å²) in [6.07, 6.45) is 0.962. The van der Waals surface area contributed by atoms with Gasteiger partial charge in [-0.1, -0.05) is 46.6 Å². The largest absolute Gasteiger partial charge is 0.493 e. The lowest BCUT2D eigenvalue weighted by molar-refractivity contribution is -0.121. The number of rotatable bonds is 6. The molecule has 0 heterocycles. The molecule has 0 bridgehead atoms. The first-order valence-corrected chi connectivity index (χ1v) is 8.92. The van der Waals surface area contributed by atoms with Crippen LogP contribution in [0.5, 0.6) is 5.75 Å². The van der Waals surface area contributed by atoms with E-state index in [1.807, 2.05) is 6.92 Å². The molecule has 2 N–H and O–H groups in total. The summed E-state index contributed by atoms with van der Waals surface area (Å²) in [7, 11) is 0. The number of ether oxygens (including phenoxy) is 1. The van der Waals surface area contributed by atoms with Gasteiger partial charge in [-0.25, -0.2) is 0 Å². The van der Waals surface area contributed by atoms with E-state index in [1.54, 1.807) is 42.5 Å². The SMILES string of the molecule is CCCOc1ccc(Br)cc1C(=O)NNC(=O)Cc1ccc(Cl)cc1. The topological polar surface area (TPSA) is 67.4 Å². The van der Waals surface area contributed by atoms with Crippen LogP contribution in [0.1, 0.15) is 29.3 Å². The molecule has 2 amide bonds. The zero-order valence-electron chi connectivity index (χ0n) is 13.6. The minimum Gasteiger partial charge on any atom is -0.493 e. The molecule has 0 unspecified atom stereocenters. The lowest BCUT2D eigenvalue weighted by atomic mass is 10.1. The molecule has 0 saturated carbocycles. The average Bonchev–Trinajstić information content (AvgIpc) is 2.60. The van der Waals surface area contributed by atoms with Gasteiger partial charge in [0.1, 0.15) is 5.75 Å². The second kappa shape index (κ2) is 9.44. The Morgan fingerprint density at radius 3 is 2.52 bits per heavy atom. The van der Waals surface area contributed by atoms with Crippen molar-refractivity contribution in [3.8, 4) is 5.75 Å². The van der Waals surface area contributed by atoms with Crippen LogP contribution in [0.25, 0.3) is 0 Å². The third-order valence-corrected chi connectivity index (χ3v) is 3.99. The number of benzene rings is 2. The first kappa shape index (κ1) is 19.3. The maximum atomic E-state index is 12.3. The highest BCUT2D eigenvalue weighted by atomic mass is 79.9. The summed E-state index contributed by atoms with van der Waals surface area (Å²) < 4.78 is 6.31. The molecule has 0 spiro atoms. The van der Waals surface area contributed by atoms with Crippen molar-refractivity contribution in [2.45, 2.75) is 19.8 Å². The third kappa shape index (κ3) is 6.07. The van der Waals surface area contributed by atoms with Crippen molar-refractivity contribution in [3.63, 3.8) is 0 Å². The number of carbonyl (C=O) groups is 2. The van der Waals surface area contributed by atoms with Gasteiger partial charge in [-0.05, 0) is 42.3 Å². The van der Waals surface area contributed by atoms with Crippen LogP contribution in [0.2, 0.25) is 5.02 Å². The number of halogens is 2. The molecule has 0 aliphatic heterocycles. The fourth-order valence-electron chi connectivity index (χ4n) is 2.04. The van der Waals surface area contributed by atoms with Crippen LogP contribution in [0.3, 0.4) is 0 Å². The fourth-order valence-corrected chi connectivity index (χ4v) is 2.53. The zero-order valence-corrected chi connectivity index (χ0v) is 16.0. The van der Waals surface area contributed by atoms with Crippen molar-refractivity contribution < 1.29 is 14.3 Å². The standard InChI is InChI=1S/C18H18BrClN2O3/c1-2-9-25-16-8-5-13(19)11-15(16)18(24)22-21-17(23)10-12-3-6-14(20)7-4-12/h3-8,11H,2,9-10H2,1H3,(H,21,23)(H,22,24). The Bertz CT molecular complexity index is 750. The van der Waals surface area contributed by atoms with Gasteiger partial charge in [0.05, 0.1) is 18.6 Å². The summed E-state index contributed by atoms with van der Waals surface area (Å²) in [5.41, 5.74) is 5.95. The van der Waals surface area contributed by atoms with E-state index in [1.165, 1.54) is 0 Å².